The molecule has 0 unspecified atom stereocenters. The Hall–Kier alpha value is -2.56. The largest absolute Gasteiger partial charge is 0.494 e. The van der Waals surface area contributed by atoms with E-state index in [-0.39, 0.29) is 5.91 Å². The van der Waals surface area contributed by atoms with Crippen LogP contribution in [0.5, 0.6) is 5.75 Å². The van der Waals surface area contributed by atoms with E-state index in [1.807, 2.05) is 36.9 Å². The van der Waals surface area contributed by atoms with Crippen LogP contribution in [0.4, 0.5) is 0 Å². The van der Waals surface area contributed by atoms with Crippen molar-refractivity contribution in [3.8, 4) is 5.75 Å². The van der Waals surface area contributed by atoms with Crippen molar-refractivity contribution in [2.24, 2.45) is 12.1 Å². The van der Waals surface area contributed by atoms with Crippen molar-refractivity contribution in [3.05, 3.63) is 53.9 Å². The first kappa shape index (κ1) is 13.9. The minimum atomic E-state index is -0.251. The van der Waals surface area contributed by atoms with Gasteiger partial charge in [0.15, 0.2) is 0 Å². The van der Waals surface area contributed by atoms with Crippen LogP contribution in [-0.4, -0.2) is 23.3 Å². The van der Waals surface area contributed by atoms with Crippen LogP contribution in [0.2, 0.25) is 0 Å². The Morgan fingerprint density at radius 1 is 1.35 bits per heavy atom. The average molecular weight is 271 g/mol. The van der Waals surface area contributed by atoms with Crippen molar-refractivity contribution in [1.82, 2.24) is 9.99 Å². The number of benzene rings is 1. The topological polar surface area (TPSA) is 55.6 Å². The standard InChI is InChI=1S/C15H17N3O2/c1-3-20-14-8-6-12(7-9-14)15(19)17-16-11-13-5-4-10-18(13)2/h4-11H,3H2,1-2H3,(H,17,19). The summed E-state index contributed by atoms with van der Waals surface area (Å²) in [5.74, 6) is 0.495. The van der Waals surface area contributed by atoms with Crippen molar-refractivity contribution in [2.45, 2.75) is 6.92 Å². The smallest absolute Gasteiger partial charge is 0.271 e. The van der Waals surface area contributed by atoms with E-state index in [0.717, 1.165) is 11.4 Å². The van der Waals surface area contributed by atoms with Crippen LogP contribution in [0.3, 0.4) is 0 Å². The molecule has 1 heterocycles. The van der Waals surface area contributed by atoms with Crippen LogP contribution in [0.25, 0.3) is 0 Å². The summed E-state index contributed by atoms with van der Waals surface area (Å²) >= 11 is 0. The predicted octanol–water partition coefficient (Wildman–Crippen LogP) is 2.19. The Bertz CT molecular complexity index is 600. The van der Waals surface area contributed by atoms with Gasteiger partial charge >= 0.3 is 0 Å². The fourth-order valence-corrected chi connectivity index (χ4v) is 1.70. The summed E-state index contributed by atoms with van der Waals surface area (Å²) < 4.78 is 7.23. The summed E-state index contributed by atoms with van der Waals surface area (Å²) in [5.41, 5.74) is 3.95. The Kier molecular flexibility index (Phi) is 4.55. The normalized spacial score (nSPS) is 10.7. The highest BCUT2D eigenvalue weighted by atomic mass is 16.5. The molecule has 2 rings (SSSR count). The predicted molar refractivity (Wildman–Crippen MR) is 78.1 cm³/mol. The van der Waals surface area contributed by atoms with E-state index < -0.39 is 0 Å². The monoisotopic (exact) mass is 271 g/mol. The summed E-state index contributed by atoms with van der Waals surface area (Å²) in [6.07, 6.45) is 3.52. The Balaban J connectivity index is 1.94. The van der Waals surface area contributed by atoms with Gasteiger partial charge in [0.25, 0.3) is 5.91 Å². The highest BCUT2D eigenvalue weighted by Gasteiger charge is 2.04. The maximum absolute atomic E-state index is 11.9. The molecule has 1 aromatic heterocycles. The number of hydrogen-bond acceptors (Lipinski definition) is 3. The van der Waals surface area contributed by atoms with Gasteiger partial charge in [0.05, 0.1) is 18.5 Å². The fraction of sp³-hybridized carbons (Fsp3) is 0.200. The number of amides is 1. The molecule has 0 aliphatic heterocycles. The number of rotatable bonds is 5. The molecule has 0 aliphatic carbocycles. The number of aryl methyl sites for hydroxylation is 1. The van der Waals surface area contributed by atoms with Crippen molar-refractivity contribution in [1.29, 1.82) is 0 Å². The van der Waals surface area contributed by atoms with Gasteiger partial charge in [0, 0.05) is 18.8 Å². The zero-order chi connectivity index (χ0) is 14.4. The molecule has 2 aromatic rings. The van der Waals surface area contributed by atoms with Gasteiger partial charge in [-0.2, -0.15) is 5.10 Å². The lowest BCUT2D eigenvalue weighted by atomic mass is 10.2. The maximum Gasteiger partial charge on any atom is 0.271 e. The number of nitrogens with zero attached hydrogens (tertiary/aromatic N) is 2. The van der Waals surface area contributed by atoms with E-state index in [1.54, 1.807) is 30.5 Å². The van der Waals surface area contributed by atoms with Crippen molar-refractivity contribution in [2.75, 3.05) is 6.61 Å². The summed E-state index contributed by atoms with van der Waals surface area (Å²) in [7, 11) is 1.91. The fourth-order valence-electron chi connectivity index (χ4n) is 1.70. The van der Waals surface area contributed by atoms with E-state index in [1.165, 1.54) is 0 Å². The van der Waals surface area contributed by atoms with E-state index >= 15 is 0 Å². The minimum Gasteiger partial charge on any atom is -0.494 e. The summed E-state index contributed by atoms with van der Waals surface area (Å²) in [4.78, 5) is 11.9. The summed E-state index contributed by atoms with van der Waals surface area (Å²) in [6.45, 7) is 2.52. The molecular formula is C15H17N3O2. The van der Waals surface area contributed by atoms with Crippen molar-refractivity contribution in [3.63, 3.8) is 0 Å². The third kappa shape index (κ3) is 3.47. The molecule has 5 heteroatoms. The number of nitrogens with one attached hydrogen (secondary N) is 1. The van der Waals surface area contributed by atoms with Gasteiger partial charge < -0.3 is 9.30 Å². The molecular weight excluding hydrogens is 254 g/mol. The zero-order valence-electron chi connectivity index (χ0n) is 11.5. The van der Waals surface area contributed by atoms with Crippen molar-refractivity contribution < 1.29 is 9.53 Å². The molecule has 0 spiro atoms. The molecule has 104 valence electrons. The van der Waals surface area contributed by atoms with E-state index in [0.29, 0.717) is 12.2 Å². The van der Waals surface area contributed by atoms with Gasteiger partial charge in [-0.15, -0.1) is 0 Å². The SMILES string of the molecule is CCOc1ccc(C(=O)NN=Cc2cccn2C)cc1. The molecule has 0 fully saturated rings. The molecule has 1 aromatic carbocycles. The van der Waals surface area contributed by atoms with Gasteiger partial charge in [-0.1, -0.05) is 0 Å². The molecule has 0 saturated carbocycles. The maximum atomic E-state index is 11.9. The number of aromatic nitrogens is 1. The molecule has 0 radical (unpaired) electrons. The number of ether oxygens (including phenoxy) is 1. The highest BCUT2D eigenvalue weighted by Crippen LogP contribution is 2.11. The van der Waals surface area contributed by atoms with Gasteiger partial charge in [-0.3, -0.25) is 4.79 Å². The lowest BCUT2D eigenvalue weighted by Crippen LogP contribution is -2.17. The Labute approximate surface area is 117 Å². The van der Waals surface area contributed by atoms with Gasteiger partial charge in [-0.25, -0.2) is 5.43 Å². The molecule has 5 nitrogen and oxygen atoms in total. The second-order valence-electron chi connectivity index (χ2n) is 4.20. The van der Waals surface area contributed by atoms with Gasteiger partial charge in [-0.05, 0) is 43.3 Å². The number of hydrazone groups is 1. The average Bonchev–Trinajstić information content (AvgIpc) is 2.85. The third-order valence-electron chi connectivity index (χ3n) is 2.77. The third-order valence-corrected chi connectivity index (χ3v) is 2.77. The second kappa shape index (κ2) is 6.56. The van der Waals surface area contributed by atoms with Crippen LogP contribution in [0, 0.1) is 0 Å². The van der Waals surface area contributed by atoms with Crippen LogP contribution >= 0.6 is 0 Å². The first-order chi connectivity index (χ1) is 9.70. The Morgan fingerprint density at radius 3 is 2.70 bits per heavy atom. The first-order valence-electron chi connectivity index (χ1n) is 6.38. The van der Waals surface area contributed by atoms with Crippen LogP contribution in [0.1, 0.15) is 23.0 Å². The molecule has 0 atom stereocenters. The summed E-state index contributed by atoms with van der Waals surface area (Å²) in [5, 5.41) is 3.93. The van der Waals surface area contributed by atoms with E-state index in [2.05, 4.69) is 10.5 Å². The molecule has 0 saturated heterocycles. The molecule has 1 N–H and O–H groups in total. The van der Waals surface area contributed by atoms with Crippen LogP contribution in [-0.2, 0) is 7.05 Å². The summed E-state index contributed by atoms with van der Waals surface area (Å²) in [6, 6.07) is 10.8. The lowest BCUT2D eigenvalue weighted by molar-refractivity contribution is 0.0955. The molecule has 1 amide bonds. The molecule has 0 aliphatic rings. The van der Waals surface area contributed by atoms with E-state index in [9.17, 15) is 4.79 Å². The van der Waals surface area contributed by atoms with Crippen LogP contribution in [0.15, 0.2) is 47.7 Å². The van der Waals surface area contributed by atoms with Crippen molar-refractivity contribution >= 4 is 12.1 Å². The highest BCUT2D eigenvalue weighted by molar-refractivity contribution is 5.94. The molecule has 20 heavy (non-hydrogen) atoms. The van der Waals surface area contributed by atoms with Gasteiger partial charge in [0.2, 0.25) is 0 Å². The second-order valence-corrected chi connectivity index (χ2v) is 4.20. The zero-order valence-corrected chi connectivity index (χ0v) is 11.5. The number of hydrogen-bond donors (Lipinski definition) is 1. The van der Waals surface area contributed by atoms with Crippen LogP contribution < -0.4 is 10.2 Å². The lowest BCUT2D eigenvalue weighted by Gasteiger charge is -2.04. The molecule has 0 bridgehead atoms. The van der Waals surface area contributed by atoms with E-state index in [4.69, 9.17) is 4.74 Å². The number of carbonyl (C=O) groups excluding carboxylic acids is 1. The minimum absolute atomic E-state index is 0.251. The Morgan fingerprint density at radius 2 is 2.10 bits per heavy atom. The number of carbonyl (C=O) groups is 1. The quantitative estimate of drug-likeness (QED) is 0.669. The van der Waals surface area contributed by atoms with Gasteiger partial charge in [0.1, 0.15) is 5.75 Å². The first-order valence-corrected chi connectivity index (χ1v) is 6.38.